The normalized spacial score (nSPS) is 12.8. The molecule has 3 heterocycles. The van der Waals surface area contributed by atoms with E-state index in [1.165, 1.54) is 51.0 Å². The molecule has 0 aliphatic carbocycles. The molecule has 52 heavy (non-hydrogen) atoms. The minimum Gasteiger partial charge on any atom is -0.265 e. The van der Waals surface area contributed by atoms with Crippen molar-refractivity contribution in [2.75, 3.05) is 0 Å². The van der Waals surface area contributed by atoms with Crippen LogP contribution in [0.2, 0.25) is 0 Å². The largest absolute Gasteiger partial charge is 0.265 e. The van der Waals surface area contributed by atoms with Gasteiger partial charge in [-0.05, 0) is 180 Å². The monoisotopic (exact) mass is 704 g/mol. The van der Waals surface area contributed by atoms with E-state index in [-0.39, 0.29) is 10.8 Å². The van der Waals surface area contributed by atoms with Crippen molar-refractivity contribution in [2.45, 2.75) is 158 Å². The van der Waals surface area contributed by atoms with Gasteiger partial charge < -0.3 is 0 Å². The zero-order valence-electron chi connectivity index (χ0n) is 35.4. The van der Waals surface area contributed by atoms with Crippen LogP contribution in [0.3, 0.4) is 0 Å². The highest BCUT2D eigenvalue weighted by Gasteiger charge is 2.30. The SMILES string of the molecule is CC=C(C)CC(CC)(CC=C(C)C)c1ccncc1.CCC(CC=C(C)C)(CC=C(C)C)c1ccncc1.CCC(CC=C(C)C)c1ccncc1. The second kappa shape index (κ2) is 25.2. The van der Waals surface area contributed by atoms with Crippen molar-refractivity contribution in [3.8, 4) is 0 Å². The maximum Gasteiger partial charge on any atom is 0.0270 e. The second-order valence-electron chi connectivity index (χ2n) is 15.4. The van der Waals surface area contributed by atoms with Gasteiger partial charge in [-0.3, -0.25) is 15.0 Å². The molecule has 3 heteroatoms. The van der Waals surface area contributed by atoms with Crippen LogP contribution in [0.15, 0.2) is 132 Å². The third-order valence-corrected chi connectivity index (χ3v) is 10.2. The third kappa shape index (κ3) is 17.1. The highest BCUT2D eigenvalue weighted by atomic mass is 14.6. The number of hydrogen-bond acceptors (Lipinski definition) is 3. The van der Waals surface area contributed by atoms with Gasteiger partial charge in [0, 0.05) is 48.0 Å². The van der Waals surface area contributed by atoms with E-state index in [2.05, 4.69) is 172 Å². The molecule has 0 aliphatic heterocycles. The molecule has 0 aromatic carbocycles. The number of nitrogens with zero attached hydrogens (tertiary/aromatic N) is 3. The number of aromatic nitrogens is 3. The molecule has 0 N–H and O–H groups in total. The minimum atomic E-state index is 0.205. The Morgan fingerprint density at radius 2 is 0.904 bits per heavy atom. The van der Waals surface area contributed by atoms with Crippen LogP contribution in [-0.2, 0) is 10.8 Å². The lowest BCUT2D eigenvalue weighted by atomic mass is 9.71. The molecular weight excluding hydrogens is 631 g/mol. The molecule has 3 rings (SSSR count). The van der Waals surface area contributed by atoms with Crippen LogP contribution < -0.4 is 0 Å². The van der Waals surface area contributed by atoms with Crippen LogP contribution in [0.25, 0.3) is 0 Å². The van der Waals surface area contributed by atoms with Gasteiger partial charge in [0.1, 0.15) is 0 Å². The summed E-state index contributed by atoms with van der Waals surface area (Å²) < 4.78 is 0. The van der Waals surface area contributed by atoms with Crippen molar-refractivity contribution >= 4 is 0 Å². The molecule has 3 aromatic heterocycles. The lowest BCUT2D eigenvalue weighted by molar-refractivity contribution is 0.409. The average molecular weight is 704 g/mol. The van der Waals surface area contributed by atoms with Gasteiger partial charge in [-0.1, -0.05) is 79.0 Å². The first-order chi connectivity index (χ1) is 24.8. The first-order valence-corrected chi connectivity index (χ1v) is 19.6. The van der Waals surface area contributed by atoms with Gasteiger partial charge in [-0.15, -0.1) is 0 Å². The van der Waals surface area contributed by atoms with Gasteiger partial charge in [0.2, 0.25) is 0 Å². The molecule has 0 amide bonds. The van der Waals surface area contributed by atoms with Gasteiger partial charge in [-0.2, -0.15) is 0 Å². The van der Waals surface area contributed by atoms with Gasteiger partial charge >= 0.3 is 0 Å². The van der Waals surface area contributed by atoms with Crippen molar-refractivity contribution in [3.05, 3.63) is 149 Å². The maximum atomic E-state index is 4.16. The summed E-state index contributed by atoms with van der Waals surface area (Å²) in [4.78, 5) is 12.4. The quantitative estimate of drug-likeness (QED) is 0.139. The second-order valence-corrected chi connectivity index (χ2v) is 15.4. The predicted molar refractivity (Wildman–Crippen MR) is 230 cm³/mol. The van der Waals surface area contributed by atoms with E-state index < -0.39 is 0 Å². The Balaban J connectivity index is 0.000000395. The summed E-state index contributed by atoms with van der Waals surface area (Å²) in [6, 6.07) is 12.9. The summed E-state index contributed by atoms with van der Waals surface area (Å²) in [5.41, 5.74) is 11.7. The van der Waals surface area contributed by atoms with Crippen molar-refractivity contribution in [1.82, 2.24) is 15.0 Å². The molecule has 0 saturated carbocycles. The fourth-order valence-corrected chi connectivity index (χ4v) is 6.37. The molecule has 2 unspecified atom stereocenters. The van der Waals surface area contributed by atoms with E-state index in [0.29, 0.717) is 5.92 Å². The first kappa shape index (κ1) is 46.2. The Morgan fingerprint density at radius 1 is 0.538 bits per heavy atom. The molecule has 0 saturated heterocycles. The predicted octanol–water partition coefficient (Wildman–Crippen LogP) is 14.8. The highest BCUT2D eigenvalue weighted by molar-refractivity contribution is 5.28. The summed E-state index contributed by atoms with van der Waals surface area (Å²) in [6.45, 7) is 28.5. The number of rotatable bonds is 16. The number of pyridine rings is 3. The number of hydrogen-bond donors (Lipinski definition) is 0. The lowest BCUT2D eigenvalue weighted by Crippen LogP contribution is -2.25. The summed E-state index contributed by atoms with van der Waals surface area (Å²) in [6.07, 6.45) is 32.1. The first-order valence-electron chi connectivity index (χ1n) is 19.6. The molecule has 0 bridgehead atoms. The van der Waals surface area contributed by atoms with E-state index in [9.17, 15) is 0 Å². The Kier molecular flexibility index (Phi) is 22.4. The summed E-state index contributed by atoms with van der Waals surface area (Å²) in [5.74, 6) is 0.646. The third-order valence-electron chi connectivity index (χ3n) is 10.2. The standard InChI is InChI=1S/2C18H27N.C13H19N/c1-6-18(11-7-15(2)3,12-8-16(4)5)17-9-13-19-14-10-17;1-6-16(5)14-18(7-2,11-8-15(3)4)17-9-12-19-13-10-17;1-4-12(6-5-11(2)3)13-7-9-14-10-8-13/h7-10,13-14H,6,11-12H2,1-5H3;6,8-10,12-13H,7,11,14H2,1-5H3;5,7-10,12H,4,6H2,1-3H3. The van der Waals surface area contributed by atoms with Crippen molar-refractivity contribution in [1.29, 1.82) is 0 Å². The molecule has 2 atom stereocenters. The highest BCUT2D eigenvalue weighted by Crippen LogP contribution is 2.39. The molecule has 284 valence electrons. The summed E-state index contributed by atoms with van der Waals surface area (Å²) in [5, 5.41) is 0. The van der Waals surface area contributed by atoms with Crippen LogP contribution in [0.4, 0.5) is 0 Å². The van der Waals surface area contributed by atoms with E-state index in [1.807, 2.05) is 37.2 Å². The van der Waals surface area contributed by atoms with Gasteiger partial charge in [0.05, 0.1) is 0 Å². The Labute approximate surface area is 320 Å². The summed E-state index contributed by atoms with van der Waals surface area (Å²) >= 11 is 0. The molecule has 3 nitrogen and oxygen atoms in total. The summed E-state index contributed by atoms with van der Waals surface area (Å²) in [7, 11) is 0. The zero-order chi connectivity index (χ0) is 39.0. The average Bonchev–Trinajstić information content (AvgIpc) is 3.15. The molecule has 0 radical (unpaired) electrons. The van der Waals surface area contributed by atoms with Crippen LogP contribution in [-0.4, -0.2) is 15.0 Å². The van der Waals surface area contributed by atoms with Gasteiger partial charge in [0.15, 0.2) is 0 Å². The zero-order valence-corrected chi connectivity index (χ0v) is 35.4. The van der Waals surface area contributed by atoms with Crippen LogP contribution in [0, 0.1) is 0 Å². The van der Waals surface area contributed by atoms with Gasteiger partial charge in [-0.25, -0.2) is 0 Å². The molecule has 0 aliphatic rings. The maximum absolute atomic E-state index is 4.16. The van der Waals surface area contributed by atoms with Gasteiger partial charge in [0.25, 0.3) is 0 Å². The van der Waals surface area contributed by atoms with Crippen LogP contribution in [0.1, 0.15) is 164 Å². The Morgan fingerprint density at radius 3 is 1.25 bits per heavy atom. The van der Waals surface area contributed by atoms with E-state index in [4.69, 9.17) is 0 Å². The fourth-order valence-electron chi connectivity index (χ4n) is 6.37. The lowest BCUT2D eigenvalue weighted by Gasteiger charge is -2.33. The number of allylic oxidation sites excluding steroid dienone is 10. The molecule has 0 fully saturated rings. The molecule has 3 aromatic rings. The van der Waals surface area contributed by atoms with Crippen molar-refractivity contribution in [2.24, 2.45) is 0 Å². The van der Waals surface area contributed by atoms with Crippen LogP contribution in [0.5, 0.6) is 0 Å². The molecular formula is C49H73N3. The molecule has 0 spiro atoms. The van der Waals surface area contributed by atoms with E-state index in [0.717, 1.165) is 44.9 Å². The van der Waals surface area contributed by atoms with E-state index >= 15 is 0 Å². The topological polar surface area (TPSA) is 38.7 Å². The van der Waals surface area contributed by atoms with Crippen molar-refractivity contribution < 1.29 is 0 Å². The Bertz CT molecular complexity index is 1510. The van der Waals surface area contributed by atoms with Crippen LogP contribution >= 0.6 is 0 Å². The van der Waals surface area contributed by atoms with E-state index in [1.54, 1.807) is 0 Å². The Hall–Kier alpha value is -3.85. The minimum absolute atomic E-state index is 0.205. The smallest absolute Gasteiger partial charge is 0.0270 e. The van der Waals surface area contributed by atoms with Crippen molar-refractivity contribution in [3.63, 3.8) is 0 Å². The fraction of sp³-hybridized carbons (Fsp3) is 0.490.